The summed E-state index contributed by atoms with van der Waals surface area (Å²) in [5.41, 5.74) is 1.54. The highest BCUT2D eigenvalue weighted by molar-refractivity contribution is 5.97. The monoisotopic (exact) mass is 473 g/mol. The molecule has 1 aliphatic rings. The Labute approximate surface area is 203 Å². The molecule has 2 heterocycles. The lowest BCUT2D eigenvalue weighted by Crippen LogP contribution is -2.44. The van der Waals surface area contributed by atoms with Crippen molar-refractivity contribution in [1.29, 1.82) is 0 Å². The molecule has 180 valence electrons. The van der Waals surface area contributed by atoms with Gasteiger partial charge in [-0.3, -0.25) is 24.6 Å². The summed E-state index contributed by atoms with van der Waals surface area (Å²) in [5.74, 6) is -0.106. The topological polar surface area (TPSA) is 117 Å². The summed E-state index contributed by atoms with van der Waals surface area (Å²) in [6.45, 7) is 2.83. The van der Waals surface area contributed by atoms with E-state index in [1.165, 1.54) is 6.07 Å². The molecule has 0 saturated carbocycles. The number of anilines is 2. The van der Waals surface area contributed by atoms with Crippen LogP contribution in [0.3, 0.4) is 0 Å². The Morgan fingerprint density at radius 2 is 1.74 bits per heavy atom. The summed E-state index contributed by atoms with van der Waals surface area (Å²) in [6, 6.07) is 18.8. The molecule has 0 bridgehead atoms. The summed E-state index contributed by atoms with van der Waals surface area (Å²) in [7, 11) is 0. The van der Waals surface area contributed by atoms with Crippen LogP contribution in [-0.4, -0.2) is 39.7 Å². The smallest absolute Gasteiger partial charge is 0.293 e. The Morgan fingerprint density at radius 3 is 2.40 bits per heavy atom. The molecule has 0 radical (unpaired) electrons. The molecule has 1 fully saturated rings. The van der Waals surface area contributed by atoms with Crippen LogP contribution in [0.15, 0.2) is 72.9 Å². The molecular weight excluding hydrogens is 446 g/mol. The van der Waals surface area contributed by atoms with Gasteiger partial charge in [-0.1, -0.05) is 42.5 Å². The Kier molecular flexibility index (Phi) is 7.47. The summed E-state index contributed by atoms with van der Waals surface area (Å²) in [5, 5.41) is 17.2. The van der Waals surface area contributed by atoms with Crippen molar-refractivity contribution in [2.45, 2.75) is 25.8 Å². The number of hydrogen-bond acceptors (Lipinski definition) is 6. The van der Waals surface area contributed by atoms with E-state index in [1.807, 2.05) is 41.3 Å². The standard InChI is InChI=1S/C26H27N5O4/c1-18-10-11-21(22(17-18)31(34)35)28-26(33)24(19-7-3-2-4-8-19)30-15-12-20(13-16-30)25(32)29-23-9-5-6-14-27-23/h2-11,14,17,20,24H,12-13,15-16H2,1H3,(H,28,33)(H,27,29,32). The van der Waals surface area contributed by atoms with Crippen molar-refractivity contribution in [1.82, 2.24) is 9.88 Å². The predicted molar refractivity (Wildman–Crippen MR) is 133 cm³/mol. The molecule has 2 aromatic carbocycles. The van der Waals surface area contributed by atoms with Crippen LogP contribution in [-0.2, 0) is 9.59 Å². The molecule has 2 amide bonds. The fraction of sp³-hybridized carbons (Fsp3) is 0.269. The lowest BCUT2D eigenvalue weighted by molar-refractivity contribution is -0.384. The number of benzene rings is 2. The van der Waals surface area contributed by atoms with Gasteiger partial charge in [0.1, 0.15) is 17.5 Å². The van der Waals surface area contributed by atoms with Gasteiger partial charge in [0.05, 0.1) is 4.92 Å². The van der Waals surface area contributed by atoms with E-state index in [0.717, 1.165) is 11.1 Å². The number of amides is 2. The van der Waals surface area contributed by atoms with E-state index < -0.39 is 11.0 Å². The van der Waals surface area contributed by atoms with Crippen LogP contribution in [0.2, 0.25) is 0 Å². The number of aryl methyl sites for hydroxylation is 1. The summed E-state index contributed by atoms with van der Waals surface area (Å²) >= 11 is 0. The number of nitro benzene ring substituents is 1. The Morgan fingerprint density at radius 1 is 1.03 bits per heavy atom. The number of pyridine rings is 1. The number of piperidine rings is 1. The first kappa shape index (κ1) is 24.0. The van der Waals surface area contributed by atoms with Crippen LogP contribution in [0.5, 0.6) is 0 Å². The minimum Gasteiger partial charge on any atom is -0.319 e. The van der Waals surface area contributed by atoms with E-state index in [1.54, 1.807) is 37.4 Å². The molecule has 1 aromatic heterocycles. The highest BCUT2D eigenvalue weighted by Crippen LogP contribution is 2.31. The predicted octanol–water partition coefficient (Wildman–Crippen LogP) is 4.33. The van der Waals surface area contributed by atoms with Gasteiger partial charge in [-0.05, 0) is 62.2 Å². The number of nitrogens with zero attached hydrogens (tertiary/aromatic N) is 3. The molecule has 0 spiro atoms. The highest BCUT2D eigenvalue weighted by atomic mass is 16.6. The van der Waals surface area contributed by atoms with Gasteiger partial charge in [-0.15, -0.1) is 0 Å². The zero-order valence-corrected chi connectivity index (χ0v) is 19.4. The quantitative estimate of drug-likeness (QED) is 0.390. The third-order valence-corrected chi connectivity index (χ3v) is 6.15. The van der Waals surface area contributed by atoms with E-state index in [0.29, 0.717) is 31.7 Å². The van der Waals surface area contributed by atoms with Crippen molar-refractivity contribution in [3.63, 3.8) is 0 Å². The average molecular weight is 474 g/mol. The van der Waals surface area contributed by atoms with Crippen LogP contribution < -0.4 is 10.6 Å². The van der Waals surface area contributed by atoms with Crippen molar-refractivity contribution in [2.24, 2.45) is 5.92 Å². The highest BCUT2D eigenvalue weighted by Gasteiger charge is 2.34. The van der Waals surface area contributed by atoms with Crippen LogP contribution in [0.1, 0.15) is 30.0 Å². The van der Waals surface area contributed by atoms with Crippen molar-refractivity contribution in [3.8, 4) is 0 Å². The van der Waals surface area contributed by atoms with Crippen LogP contribution in [0.4, 0.5) is 17.2 Å². The molecular formula is C26H27N5O4. The Bertz CT molecular complexity index is 1190. The first-order valence-electron chi connectivity index (χ1n) is 11.5. The van der Waals surface area contributed by atoms with E-state index in [-0.39, 0.29) is 29.1 Å². The van der Waals surface area contributed by atoms with E-state index >= 15 is 0 Å². The summed E-state index contributed by atoms with van der Waals surface area (Å²) in [6.07, 6.45) is 2.79. The maximum Gasteiger partial charge on any atom is 0.293 e. The average Bonchev–Trinajstić information content (AvgIpc) is 2.87. The van der Waals surface area contributed by atoms with Gasteiger partial charge in [-0.25, -0.2) is 4.98 Å². The normalized spacial score (nSPS) is 15.2. The van der Waals surface area contributed by atoms with Gasteiger partial charge in [0.2, 0.25) is 11.8 Å². The molecule has 3 aromatic rings. The fourth-order valence-corrected chi connectivity index (χ4v) is 4.35. The number of carbonyl (C=O) groups excluding carboxylic acids is 2. The fourth-order valence-electron chi connectivity index (χ4n) is 4.35. The van der Waals surface area contributed by atoms with Crippen molar-refractivity contribution >= 4 is 29.0 Å². The Hall–Kier alpha value is -4.11. The van der Waals surface area contributed by atoms with E-state index in [4.69, 9.17) is 0 Å². The zero-order chi connectivity index (χ0) is 24.8. The number of likely N-dealkylation sites (tertiary alicyclic amines) is 1. The molecule has 1 atom stereocenters. The zero-order valence-electron chi connectivity index (χ0n) is 19.4. The van der Waals surface area contributed by atoms with Gasteiger partial charge < -0.3 is 10.6 Å². The van der Waals surface area contributed by atoms with Gasteiger partial charge >= 0.3 is 0 Å². The van der Waals surface area contributed by atoms with Crippen LogP contribution >= 0.6 is 0 Å². The lowest BCUT2D eigenvalue weighted by Gasteiger charge is -2.36. The number of rotatable bonds is 7. The number of nitro groups is 1. The van der Waals surface area contributed by atoms with Gasteiger partial charge in [0.15, 0.2) is 0 Å². The second-order valence-corrected chi connectivity index (χ2v) is 8.59. The molecule has 35 heavy (non-hydrogen) atoms. The van der Waals surface area contributed by atoms with Gasteiger partial charge in [0.25, 0.3) is 5.69 Å². The Balaban J connectivity index is 1.49. The van der Waals surface area contributed by atoms with Gasteiger partial charge in [0, 0.05) is 18.2 Å². The van der Waals surface area contributed by atoms with Gasteiger partial charge in [-0.2, -0.15) is 0 Å². The van der Waals surface area contributed by atoms with Crippen LogP contribution in [0, 0.1) is 23.0 Å². The van der Waals surface area contributed by atoms with Crippen molar-refractivity contribution in [2.75, 3.05) is 23.7 Å². The van der Waals surface area contributed by atoms with Crippen molar-refractivity contribution in [3.05, 3.63) is 94.2 Å². The molecule has 1 unspecified atom stereocenters. The number of hydrogen-bond donors (Lipinski definition) is 2. The minimum absolute atomic E-state index is 0.0839. The molecule has 9 nitrogen and oxygen atoms in total. The molecule has 2 N–H and O–H groups in total. The van der Waals surface area contributed by atoms with Crippen molar-refractivity contribution < 1.29 is 14.5 Å². The summed E-state index contributed by atoms with van der Waals surface area (Å²) < 4.78 is 0. The maximum atomic E-state index is 13.5. The molecule has 9 heteroatoms. The van der Waals surface area contributed by atoms with E-state index in [2.05, 4.69) is 15.6 Å². The minimum atomic E-state index is -0.642. The lowest BCUT2D eigenvalue weighted by atomic mass is 9.93. The first-order valence-corrected chi connectivity index (χ1v) is 11.5. The molecule has 0 aliphatic carbocycles. The largest absolute Gasteiger partial charge is 0.319 e. The maximum absolute atomic E-state index is 13.5. The summed E-state index contributed by atoms with van der Waals surface area (Å²) in [4.78, 5) is 43.4. The number of aromatic nitrogens is 1. The second-order valence-electron chi connectivity index (χ2n) is 8.59. The molecule has 4 rings (SSSR count). The van der Waals surface area contributed by atoms with Crippen LogP contribution in [0.25, 0.3) is 0 Å². The molecule has 1 aliphatic heterocycles. The first-order chi connectivity index (χ1) is 16.9. The second kappa shape index (κ2) is 10.9. The SMILES string of the molecule is Cc1ccc(NC(=O)C(c2ccccc2)N2CCC(C(=O)Nc3ccccn3)CC2)c([N+](=O)[O-])c1. The molecule has 1 saturated heterocycles. The number of nitrogens with one attached hydrogen (secondary N) is 2. The number of carbonyl (C=O) groups is 2. The third kappa shape index (κ3) is 5.88. The van der Waals surface area contributed by atoms with E-state index in [9.17, 15) is 19.7 Å². The third-order valence-electron chi connectivity index (χ3n) is 6.15.